The summed E-state index contributed by atoms with van der Waals surface area (Å²) in [6.45, 7) is 10.5. The first-order valence-corrected chi connectivity index (χ1v) is 9.90. The molecule has 1 aromatic carbocycles. The summed E-state index contributed by atoms with van der Waals surface area (Å²) in [4.78, 5) is 20.4. The van der Waals surface area contributed by atoms with E-state index >= 15 is 0 Å². The van der Waals surface area contributed by atoms with Crippen molar-refractivity contribution in [2.45, 2.75) is 26.4 Å². The van der Waals surface area contributed by atoms with Gasteiger partial charge in [-0.3, -0.25) is 9.69 Å². The molecule has 1 saturated heterocycles. The second-order valence-electron chi connectivity index (χ2n) is 7.05. The number of hydrogen-bond donors (Lipinski definition) is 2. The third kappa shape index (κ3) is 5.60. The van der Waals surface area contributed by atoms with Gasteiger partial charge >= 0.3 is 0 Å². The van der Waals surface area contributed by atoms with E-state index in [-0.39, 0.29) is 12.0 Å². The molecule has 0 bridgehead atoms. The van der Waals surface area contributed by atoms with Crippen molar-refractivity contribution in [3.05, 3.63) is 29.8 Å². The average molecular weight is 374 g/mol. The van der Waals surface area contributed by atoms with Crippen LogP contribution < -0.4 is 15.4 Å². The van der Waals surface area contributed by atoms with E-state index in [4.69, 9.17) is 9.73 Å². The standard InChI is InChI=1S/C20H31N5O2/c1-3-21-20(22-8-9-24-10-12-25(13-11-24)16(2)26)23-15-18-14-17-6-4-5-7-19(17)27-18/h4-7,18H,3,8-15H2,1-2H3,(H2,21,22,23). The fourth-order valence-electron chi connectivity index (χ4n) is 3.51. The number of piperazine rings is 1. The summed E-state index contributed by atoms with van der Waals surface area (Å²) in [6.07, 6.45) is 1.02. The van der Waals surface area contributed by atoms with Crippen LogP contribution in [0, 0.1) is 0 Å². The number of rotatable bonds is 6. The Morgan fingerprint density at radius 1 is 1.22 bits per heavy atom. The average Bonchev–Trinajstić information content (AvgIpc) is 3.09. The molecule has 0 aliphatic carbocycles. The second kappa shape index (κ2) is 9.60. The lowest BCUT2D eigenvalue weighted by atomic mass is 10.1. The first kappa shape index (κ1) is 19.5. The Balaban J connectivity index is 1.40. The number of para-hydroxylation sites is 1. The Morgan fingerprint density at radius 2 is 2.00 bits per heavy atom. The minimum atomic E-state index is 0.109. The summed E-state index contributed by atoms with van der Waals surface area (Å²) in [7, 11) is 0. The molecule has 148 valence electrons. The van der Waals surface area contributed by atoms with Gasteiger partial charge < -0.3 is 20.3 Å². The summed E-state index contributed by atoms with van der Waals surface area (Å²) in [6, 6.07) is 8.20. The maximum atomic E-state index is 11.4. The highest BCUT2D eigenvalue weighted by Gasteiger charge is 2.22. The Hall–Kier alpha value is -2.28. The molecule has 3 rings (SSSR count). The molecule has 2 N–H and O–H groups in total. The minimum Gasteiger partial charge on any atom is -0.488 e. The number of aliphatic imine (C=N–C) groups is 1. The van der Waals surface area contributed by atoms with E-state index in [2.05, 4.69) is 34.6 Å². The quantitative estimate of drug-likeness (QED) is 0.568. The first-order valence-electron chi connectivity index (χ1n) is 9.90. The van der Waals surface area contributed by atoms with Crippen LogP contribution in [-0.4, -0.2) is 80.1 Å². The van der Waals surface area contributed by atoms with Gasteiger partial charge in [-0.15, -0.1) is 0 Å². The van der Waals surface area contributed by atoms with Gasteiger partial charge in [0.2, 0.25) is 5.91 Å². The number of carbonyl (C=O) groups is 1. The normalized spacial score (nSPS) is 20.1. The Labute approximate surface area is 161 Å². The van der Waals surface area contributed by atoms with Crippen LogP contribution >= 0.6 is 0 Å². The molecule has 1 fully saturated rings. The van der Waals surface area contributed by atoms with Gasteiger partial charge in [-0.05, 0) is 18.6 Å². The molecule has 2 aliphatic heterocycles. The summed E-state index contributed by atoms with van der Waals surface area (Å²) in [5.74, 6) is 1.99. The van der Waals surface area contributed by atoms with Crippen molar-refractivity contribution in [3.63, 3.8) is 0 Å². The number of nitrogens with zero attached hydrogens (tertiary/aromatic N) is 3. The highest BCUT2D eigenvalue weighted by Crippen LogP contribution is 2.28. The van der Waals surface area contributed by atoms with Crippen molar-refractivity contribution < 1.29 is 9.53 Å². The number of ether oxygens (including phenoxy) is 1. The fraction of sp³-hybridized carbons (Fsp3) is 0.600. The van der Waals surface area contributed by atoms with Crippen molar-refractivity contribution in [1.82, 2.24) is 20.4 Å². The van der Waals surface area contributed by atoms with E-state index < -0.39 is 0 Å². The van der Waals surface area contributed by atoms with Crippen LogP contribution in [0.25, 0.3) is 0 Å². The van der Waals surface area contributed by atoms with Gasteiger partial charge in [-0.2, -0.15) is 0 Å². The topological polar surface area (TPSA) is 69.2 Å². The van der Waals surface area contributed by atoms with Crippen molar-refractivity contribution in [2.75, 3.05) is 52.4 Å². The van der Waals surface area contributed by atoms with Gasteiger partial charge in [0.05, 0.1) is 6.54 Å². The Kier molecular flexibility index (Phi) is 6.92. The van der Waals surface area contributed by atoms with Gasteiger partial charge in [0.25, 0.3) is 0 Å². The zero-order valence-corrected chi connectivity index (χ0v) is 16.4. The smallest absolute Gasteiger partial charge is 0.219 e. The zero-order valence-electron chi connectivity index (χ0n) is 16.4. The molecule has 0 aromatic heterocycles. The maximum absolute atomic E-state index is 11.4. The number of hydrogen-bond acceptors (Lipinski definition) is 4. The molecule has 1 atom stereocenters. The third-order valence-electron chi connectivity index (χ3n) is 5.05. The van der Waals surface area contributed by atoms with E-state index in [0.717, 1.165) is 63.9 Å². The highest BCUT2D eigenvalue weighted by molar-refractivity contribution is 5.79. The molecule has 0 spiro atoms. The summed E-state index contributed by atoms with van der Waals surface area (Å²) < 4.78 is 5.96. The van der Waals surface area contributed by atoms with Crippen LogP contribution in [0.15, 0.2) is 29.3 Å². The van der Waals surface area contributed by atoms with Gasteiger partial charge in [0.15, 0.2) is 5.96 Å². The highest BCUT2D eigenvalue weighted by atomic mass is 16.5. The molecule has 1 unspecified atom stereocenters. The second-order valence-corrected chi connectivity index (χ2v) is 7.05. The van der Waals surface area contributed by atoms with Crippen LogP contribution in [0.2, 0.25) is 0 Å². The van der Waals surface area contributed by atoms with Crippen molar-refractivity contribution in [3.8, 4) is 5.75 Å². The molecule has 2 aliphatic rings. The van der Waals surface area contributed by atoms with E-state index in [1.165, 1.54) is 5.56 Å². The SMILES string of the molecule is CCNC(=NCC1Cc2ccccc2O1)NCCN1CCN(C(C)=O)CC1. The van der Waals surface area contributed by atoms with E-state index in [1.54, 1.807) is 6.92 Å². The fourth-order valence-corrected chi connectivity index (χ4v) is 3.51. The van der Waals surface area contributed by atoms with Gasteiger partial charge in [-0.25, -0.2) is 4.99 Å². The van der Waals surface area contributed by atoms with Gasteiger partial charge in [0.1, 0.15) is 11.9 Å². The van der Waals surface area contributed by atoms with E-state index in [1.807, 2.05) is 17.0 Å². The molecule has 7 nitrogen and oxygen atoms in total. The Morgan fingerprint density at radius 3 is 2.70 bits per heavy atom. The van der Waals surface area contributed by atoms with Crippen LogP contribution in [0.3, 0.4) is 0 Å². The van der Waals surface area contributed by atoms with Crippen LogP contribution in [0.5, 0.6) is 5.75 Å². The predicted octanol–water partition coefficient (Wildman–Crippen LogP) is 0.709. The summed E-state index contributed by atoms with van der Waals surface area (Å²) in [5.41, 5.74) is 1.26. The van der Waals surface area contributed by atoms with Crippen molar-refractivity contribution in [1.29, 1.82) is 0 Å². The predicted molar refractivity (Wildman–Crippen MR) is 107 cm³/mol. The number of nitrogens with one attached hydrogen (secondary N) is 2. The zero-order chi connectivity index (χ0) is 19.1. The molecule has 1 aromatic rings. The number of carbonyl (C=O) groups excluding carboxylic acids is 1. The van der Waals surface area contributed by atoms with Crippen LogP contribution in [0.4, 0.5) is 0 Å². The van der Waals surface area contributed by atoms with Crippen molar-refractivity contribution in [2.24, 2.45) is 4.99 Å². The summed E-state index contributed by atoms with van der Waals surface area (Å²) in [5, 5.41) is 6.71. The first-order chi connectivity index (χ1) is 13.2. The molecule has 1 amide bonds. The molecule has 7 heteroatoms. The molecule has 0 saturated carbocycles. The number of guanidine groups is 1. The molecular weight excluding hydrogens is 342 g/mol. The molecule has 27 heavy (non-hydrogen) atoms. The molecular formula is C20H31N5O2. The van der Waals surface area contributed by atoms with Crippen LogP contribution in [-0.2, 0) is 11.2 Å². The third-order valence-corrected chi connectivity index (χ3v) is 5.05. The number of benzene rings is 1. The number of fused-ring (bicyclic) bond motifs is 1. The lowest BCUT2D eigenvalue weighted by Crippen LogP contribution is -2.50. The van der Waals surface area contributed by atoms with Crippen LogP contribution in [0.1, 0.15) is 19.4 Å². The van der Waals surface area contributed by atoms with Crippen molar-refractivity contribution >= 4 is 11.9 Å². The van der Waals surface area contributed by atoms with Gasteiger partial charge in [0, 0.05) is 59.2 Å². The lowest BCUT2D eigenvalue weighted by molar-refractivity contribution is -0.130. The molecule has 0 radical (unpaired) electrons. The Bertz CT molecular complexity index is 631. The number of amides is 1. The molecule has 2 heterocycles. The van der Waals surface area contributed by atoms with Gasteiger partial charge in [-0.1, -0.05) is 18.2 Å². The monoisotopic (exact) mass is 373 g/mol. The minimum absolute atomic E-state index is 0.109. The summed E-state index contributed by atoms with van der Waals surface area (Å²) >= 11 is 0. The lowest BCUT2D eigenvalue weighted by Gasteiger charge is -2.34. The largest absolute Gasteiger partial charge is 0.488 e. The maximum Gasteiger partial charge on any atom is 0.219 e. The van der Waals surface area contributed by atoms with E-state index in [9.17, 15) is 4.79 Å². The van der Waals surface area contributed by atoms with E-state index in [0.29, 0.717) is 6.54 Å².